The number of fused-ring (bicyclic) bond motifs is 4. The summed E-state index contributed by atoms with van der Waals surface area (Å²) in [4.78, 5) is 2.37. The summed E-state index contributed by atoms with van der Waals surface area (Å²) in [5.74, 6) is 0. The summed E-state index contributed by atoms with van der Waals surface area (Å²) in [6.07, 6.45) is 0. The Kier molecular flexibility index (Phi) is 8.24. The maximum absolute atomic E-state index is 2.37. The number of anilines is 3. The Labute approximate surface area is 322 Å². The highest BCUT2D eigenvalue weighted by Crippen LogP contribution is 2.40. The first-order valence-electron chi connectivity index (χ1n) is 18.9. The molecule has 55 heavy (non-hydrogen) atoms. The van der Waals surface area contributed by atoms with Crippen molar-refractivity contribution >= 4 is 49.4 Å². The Morgan fingerprint density at radius 3 is 1.29 bits per heavy atom. The lowest BCUT2D eigenvalue weighted by Crippen LogP contribution is -2.10. The second kappa shape index (κ2) is 14.0. The van der Waals surface area contributed by atoms with Gasteiger partial charge in [-0.05, 0) is 125 Å². The maximum atomic E-state index is 2.37. The van der Waals surface area contributed by atoms with Crippen molar-refractivity contribution in [3.8, 4) is 44.5 Å². The summed E-state index contributed by atoms with van der Waals surface area (Å²) in [7, 11) is 0. The highest BCUT2D eigenvalue weighted by atomic mass is 15.1. The van der Waals surface area contributed by atoms with Crippen LogP contribution in [0.4, 0.5) is 17.1 Å². The fourth-order valence-electron chi connectivity index (χ4n) is 8.01. The molecule has 0 aliphatic heterocycles. The van der Waals surface area contributed by atoms with Crippen molar-refractivity contribution in [2.24, 2.45) is 0 Å². The van der Waals surface area contributed by atoms with E-state index in [4.69, 9.17) is 0 Å². The number of hydrogen-bond donors (Lipinski definition) is 0. The molecule has 0 aromatic heterocycles. The van der Waals surface area contributed by atoms with Crippen molar-refractivity contribution in [1.29, 1.82) is 0 Å². The second-order valence-corrected chi connectivity index (χ2v) is 14.2. The molecule has 0 fully saturated rings. The molecule has 10 aromatic rings. The molecule has 0 aliphatic carbocycles. The number of nitrogens with zero attached hydrogens (tertiary/aromatic N) is 1. The molecule has 0 heterocycles. The largest absolute Gasteiger partial charge is 0.310 e. The van der Waals surface area contributed by atoms with Crippen molar-refractivity contribution < 1.29 is 0 Å². The Balaban J connectivity index is 1.07. The molecule has 1 nitrogen and oxygen atoms in total. The van der Waals surface area contributed by atoms with E-state index in [1.807, 2.05) is 0 Å². The summed E-state index contributed by atoms with van der Waals surface area (Å²) in [5, 5.41) is 7.52. The predicted octanol–water partition coefficient (Wildman–Crippen LogP) is 15.3. The molecular weight excluding hydrogens is 663 g/mol. The van der Waals surface area contributed by atoms with Gasteiger partial charge in [-0.25, -0.2) is 0 Å². The van der Waals surface area contributed by atoms with Crippen LogP contribution in [-0.4, -0.2) is 0 Å². The smallest absolute Gasteiger partial charge is 0.0467 e. The summed E-state index contributed by atoms with van der Waals surface area (Å²) in [5.41, 5.74) is 13.0. The highest BCUT2D eigenvalue weighted by Gasteiger charge is 2.15. The van der Waals surface area contributed by atoms with Crippen LogP contribution in [-0.2, 0) is 0 Å². The van der Waals surface area contributed by atoms with Crippen molar-refractivity contribution in [3.63, 3.8) is 0 Å². The highest BCUT2D eigenvalue weighted by molar-refractivity contribution is 6.10. The third-order valence-electron chi connectivity index (χ3n) is 10.8. The molecule has 258 valence electrons. The molecule has 0 bridgehead atoms. The van der Waals surface area contributed by atoms with Crippen LogP contribution in [0.2, 0.25) is 0 Å². The van der Waals surface area contributed by atoms with E-state index in [2.05, 4.69) is 229 Å². The molecule has 1 heteroatoms. The van der Waals surface area contributed by atoms with Crippen LogP contribution in [0, 0.1) is 0 Å². The van der Waals surface area contributed by atoms with Gasteiger partial charge >= 0.3 is 0 Å². The molecule has 0 saturated carbocycles. The Morgan fingerprint density at radius 2 is 0.636 bits per heavy atom. The van der Waals surface area contributed by atoms with E-state index >= 15 is 0 Å². The molecule has 0 spiro atoms. The van der Waals surface area contributed by atoms with Gasteiger partial charge in [0, 0.05) is 17.1 Å². The van der Waals surface area contributed by atoms with Gasteiger partial charge in [-0.1, -0.05) is 176 Å². The van der Waals surface area contributed by atoms with Crippen molar-refractivity contribution in [1.82, 2.24) is 0 Å². The quantitative estimate of drug-likeness (QED) is 0.150. The summed E-state index contributed by atoms with van der Waals surface area (Å²) in [6, 6.07) is 81.5. The summed E-state index contributed by atoms with van der Waals surface area (Å²) in [6.45, 7) is 0. The van der Waals surface area contributed by atoms with E-state index in [1.165, 1.54) is 76.8 Å². The first kappa shape index (κ1) is 32.4. The minimum absolute atomic E-state index is 1.10. The monoisotopic (exact) mass is 699 g/mol. The molecule has 0 amide bonds. The zero-order chi connectivity index (χ0) is 36.6. The minimum atomic E-state index is 1.10. The van der Waals surface area contributed by atoms with Crippen LogP contribution in [0.15, 0.2) is 224 Å². The average molecular weight is 700 g/mol. The first-order chi connectivity index (χ1) is 27.2. The number of benzene rings is 10. The van der Waals surface area contributed by atoms with Crippen LogP contribution < -0.4 is 4.90 Å². The normalized spacial score (nSPS) is 11.3. The molecule has 0 atom stereocenters. The van der Waals surface area contributed by atoms with Crippen LogP contribution in [0.3, 0.4) is 0 Å². The van der Waals surface area contributed by atoms with E-state index in [-0.39, 0.29) is 0 Å². The van der Waals surface area contributed by atoms with E-state index in [0.717, 1.165) is 17.1 Å². The lowest BCUT2D eigenvalue weighted by Gasteiger charge is -2.26. The molecule has 0 N–H and O–H groups in total. The van der Waals surface area contributed by atoms with Crippen molar-refractivity contribution in [2.75, 3.05) is 4.90 Å². The SMILES string of the molecule is c1ccc(-c2ccc(N(c3ccc(-c4cccc5ccccc45)cc3)c3cccc(-c4ccc5ccc6ccc(-c7ccccc7)cc6c5c4)c3)cc2)cc1. The standard InChI is InChI=1S/C54H37N/c1-3-11-38(12-4-1)40-27-31-48(32-28-40)55(49-33-29-42(30-34-49)52-20-10-16-41-15-7-8-19-51(41)52)50-18-9-17-45(35-50)47-26-24-44-22-21-43-23-25-46(36-53(43)54(44)37-47)39-13-5-2-6-14-39/h1-37H. The van der Waals surface area contributed by atoms with Crippen LogP contribution >= 0.6 is 0 Å². The minimum Gasteiger partial charge on any atom is -0.310 e. The van der Waals surface area contributed by atoms with Gasteiger partial charge in [-0.2, -0.15) is 0 Å². The van der Waals surface area contributed by atoms with Gasteiger partial charge in [0.05, 0.1) is 0 Å². The van der Waals surface area contributed by atoms with Gasteiger partial charge in [-0.3, -0.25) is 0 Å². The molecular formula is C54H37N. The second-order valence-electron chi connectivity index (χ2n) is 14.2. The summed E-state index contributed by atoms with van der Waals surface area (Å²) >= 11 is 0. The van der Waals surface area contributed by atoms with Gasteiger partial charge in [0.1, 0.15) is 0 Å². The molecule has 0 radical (unpaired) electrons. The van der Waals surface area contributed by atoms with Gasteiger partial charge in [-0.15, -0.1) is 0 Å². The third kappa shape index (κ3) is 6.22. The van der Waals surface area contributed by atoms with Crippen LogP contribution in [0.5, 0.6) is 0 Å². The first-order valence-corrected chi connectivity index (χ1v) is 18.9. The lowest BCUT2D eigenvalue weighted by atomic mass is 9.94. The van der Waals surface area contributed by atoms with E-state index in [9.17, 15) is 0 Å². The maximum Gasteiger partial charge on any atom is 0.0467 e. The van der Waals surface area contributed by atoms with Gasteiger partial charge < -0.3 is 4.90 Å². The summed E-state index contributed by atoms with van der Waals surface area (Å²) < 4.78 is 0. The van der Waals surface area contributed by atoms with Crippen LogP contribution in [0.1, 0.15) is 0 Å². The molecule has 10 rings (SSSR count). The van der Waals surface area contributed by atoms with E-state index in [0.29, 0.717) is 0 Å². The Morgan fingerprint density at radius 1 is 0.218 bits per heavy atom. The van der Waals surface area contributed by atoms with Crippen molar-refractivity contribution in [2.45, 2.75) is 0 Å². The zero-order valence-corrected chi connectivity index (χ0v) is 30.3. The van der Waals surface area contributed by atoms with Crippen LogP contribution in [0.25, 0.3) is 76.8 Å². The zero-order valence-electron chi connectivity index (χ0n) is 30.3. The fourth-order valence-corrected chi connectivity index (χ4v) is 8.01. The fraction of sp³-hybridized carbons (Fsp3) is 0. The molecule has 0 unspecified atom stereocenters. The number of rotatable bonds is 7. The Hall–Kier alpha value is -7.22. The Bertz CT molecular complexity index is 2940. The van der Waals surface area contributed by atoms with Crippen molar-refractivity contribution in [3.05, 3.63) is 224 Å². The lowest BCUT2D eigenvalue weighted by molar-refractivity contribution is 1.28. The number of hydrogen-bond acceptors (Lipinski definition) is 1. The topological polar surface area (TPSA) is 3.24 Å². The predicted molar refractivity (Wildman–Crippen MR) is 235 cm³/mol. The van der Waals surface area contributed by atoms with E-state index < -0.39 is 0 Å². The van der Waals surface area contributed by atoms with E-state index in [1.54, 1.807) is 0 Å². The molecule has 0 aliphatic rings. The van der Waals surface area contributed by atoms with Gasteiger partial charge in [0.15, 0.2) is 0 Å². The van der Waals surface area contributed by atoms with Gasteiger partial charge in [0.2, 0.25) is 0 Å². The van der Waals surface area contributed by atoms with Gasteiger partial charge in [0.25, 0.3) is 0 Å². The average Bonchev–Trinajstić information content (AvgIpc) is 3.27. The molecule has 10 aromatic carbocycles. The molecule has 0 saturated heterocycles. The third-order valence-corrected chi connectivity index (χ3v) is 10.8.